The number of rotatable bonds is 5. The number of aryl methyl sites for hydroxylation is 1. The van der Waals surface area contributed by atoms with Gasteiger partial charge in [-0.25, -0.2) is 0 Å². The summed E-state index contributed by atoms with van der Waals surface area (Å²) < 4.78 is 0. The fraction of sp³-hybridized carbons (Fsp3) is 0.318. The molecule has 6 heteroatoms. The zero-order valence-electron chi connectivity index (χ0n) is 16.0. The summed E-state index contributed by atoms with van der Waals surface area (Å²) in [4.78, 5) is 15.8. The molecule has 1 saturated heterocycles. The van der Waals surface area contributed by atoms with Gasteiger partial charge in [-0.15, -0.1) is 21.5 Å². The highest BCUT2D eigenvalue weighted by Gasteiger charge is 2.25. The number of benzene rings is 1. The van der Waals surface area contributed by atoms with Crippen molar-refractivity contribution in [3.05, 3.63) is 65.0 Å². The largest absolute Gasteiger partial charge is 0.355 e. The molecule has 1 aliphatic heterocycles. The van der Waals surface area contributed by atoms with Gasteiger partial charge in [0, 0.05) is 25.6 Å². The van der Waals surface area contributed by atoms with Crippen LogP contribution in [0.2, 0.25) is 0 Å². The van der Waals surface area contributed by atoms with E-state index in [-0.39, 0.29) is 11.8 Å². The van der Waals surface area contributed by atoms with E-state index in [0.29, 0.717) is 6.54 Å². The summed E-state index contributed by atoms with van der Waals surface area (Å²) >= 11 is 1.66. The highest BCUT2D eigenvalue weighted by atomic mass is 32.1. The quantitative estimate of drug-likeness (QED) is 0.712. The van der Waals surface area contributed by atoms with Crippen LogP contribution in [0.4, 0.5) is 5.82 Å². The molecule has 0 aliphatic carbocycles. The number of hydrogen-bond donors (Lipinski definition) is 1. The van der Waals surface area contributed by atoms with Gasteiger partial charge in [-0.3, -0.25) is 4.79 Å². The van der Waals surface area contributed by atoms with Crippen molar-refractivity contribution in [1.82, 2.24) is 15.5 Å². The van der Waals surface area contributed by atoms with Gasteiger partial charge in [0.25, 0.3) is 0 Å². The van der Waals surface area contributed by atoms with Crippen molar-refractivity contribution in [2.24, 2.45) is 5.92 Å². The predicted octanol–water partition coefficient (Wildman–Crippen LogP) is 4.05. The molecule has 1 aliphatic rings. The summed E-state index contributed by atoms with van der Waals surface area (Å²) in [5, 5.41) is 13.9. The van der Waals surface area contributed by atoms with Gasteiger partial charge in [0.15, 0.2) is 5.82 Å². The first kappa shape index (κ1) is 18.6. The highest BCUT2D eigenvalue weighted by Crippen LogP contribution is 2.25. The number of amides is 1. The van der Waals surface area contributed by atoms with Gasteiger partial charge < -0.3 is 10.2 Å². The van der Waals surface area contributed by atoms with Crippen LogP contribution in [-0.4, -0.2) is 29.2 Å². The van der Waals surface area contributed by atoms with E-state index in [0.717, 1.165) is 47.9 Å². The minimum atomic E-state index is 0.0695. The van der Waals surface area contributed by atoms with Crippen molar-refractivity contribution in [2.75, 3.05) is 18.0 Å². The fourth-order valence-electron chi connectivity index (χ4n) is 3.46. The van der Waals surface area contributed by atoms with E-state index in [1.54, 1.807) is 11.3 Å². The Hall–Kier alpha value is -2.73. The normalized spacial score (nSPS) is 14.8. The Morgan fingerprint density at radius 2 is 1.89 bits per heavy atom. The second-order valence-corrected chi connectivity index (χ2v) is 8.17. The molecule has 144 valence electrons. The van der Waals surface area contributed by atoms with Gasteiger partial charge in [0.1, 0.15) is 5.69 Å². The third kappa shape index (κ3) is 4.39. The molecule has 0 bridgehead atoms. The Kier molecular flexibility index (Phi) is 5.67. The first-order chi connectivity index (χ1) is 13.7. The molecule has 1 fully saturated rings. The van der Waals surface area contributed by atoms with Crippen molar-refractivity contribution in [3.63, 3.8) is 0 Å². The molecule has 2 aromatic heterocycles. The molecular formula is C22H24N4OS. The van der Waals surface area contributed by atoms with E-state index in [9.17, 15) is 4.79 Å². The van der Waals surface area contributed by atoms with Crippen LogP contribution < -0.4 is 10.2 Å². The number of piperidine rings is 1. The summed E-state index contributed by atoms with van der Waals surface area (Å²) in [5.74, 6) is 1.11. The van der Waals surface area contributed by atoms with Crippen molar-refractivity contribution in [1.29, 1.82) is 0 Å². The van der Waals surface area contributed by atoms with Crippen LogP contribution in [0.5, 0.6) is 0 Å². The van der Waals surface area contributed by atoms with Crippen LogP contribution in [0.1, 0.15) is 24.0 Å². The van der Waals surface area contributed by atoms with Gasteiger partial charge in [-0.1, -0.05) is 35.9 Å². The molecule has 4 rings (SSSR count). The molecule has 0 atom stereocenters. The van der Waals surface area contributed by atoms with Crippen molar-refractivity contribution < 1.29 is 4.79 Å². The van der Waals surface area contributed by atoms with E-state index in [4.69, 9.17) is 0 Å². The molecule has 0 spiro atoms. The van der Waals surface area contributed by atoms with Gasteiger partial charge in [-0.2, -0.15) is 0 Å². The van der Waals surface area contributed by atoms with Crippen molar-refractivity contribution in [3.8, 4) is 10.6 Å². The molecule has 0 saturated carbocycles. The van der Waals surface area contributed by atoms with Crippen LogP contribution in [0.25, 0.3) is 10.6 Å². The van der Waals surface area contributed by atoms with Crippen LogP contribution in [0, 0.1) is 12.8 Å². The SMILES string of the molecule is Cc1ccc(CNC(=O)C2CCN(c3ccc(-c4cccs4)nn3)CC2)cc1. The number of anilines is 1. The second kappa shape index (κ2) is 8.52. The first-order valence-electron chi connectivity index (χ1n) is 9.65. The van der Waals surface area contributed by atoms with E-state index >= 15 is 0 Å². The predicted molar refractivity (Wildman–Crippen MR) is 113 cm³/mol. The summed E-state index contributed by atoms with van der Waals surface area (Å²) in [6, 6.07) is 16.4. The lowest BCUT2D eigenvalue weighted by molar-refractivity contribution is -0.125. The fourth-order valence-corrected chi connectivity index (χ4v) is 4.15. The molecule has 0 unspecified atom stereocenters. The Bertz CT molecular complexity index is 899. The first-order valence-corrected chi connectivity index (χ1v) is 10.5. The minimum absolute atomic E-state index is 0.0695. The summed E-state index contributed by atoms with van der Waals surface area (Å²) in [7, 11) is 0. The number of hydrogen-bond acceptors (Lipinski definition) is 5. The minimum Gasteiger partial charge on any atom is -0.355 e. The number of aromatic nitrogens is 2. The molecule has 5 nitrogen and oxygen atoms in total. The van der Waals surface area contributed by atoms with Crippen LogP contribution in [-0.2, 0) is 11.3 Å². The molecule has 28 heavy (non-hydrogen) atoms. The van der Waals surface area contributed by atoms with Crippen molar-refractivity contribution in [2.45, 2.75) is 26.3 Å². The monoisotopic (exact) mass is 392 g/mol. The number of thiophene rings is 1. The van der Waals surface area contributed by atoms with Crippen molar-refractivity contribution >= 4 is 23.1 Å². The van der Waals surface area contributed by atoms with Gasteiger partial charge in [0.2, 0.25) is 5.91 Å². The van der Waals surface area contributed by atoms with Gasteiger partial charge >= 0.3 is 0 Å². The second-order valence-electron chi connectivity index (χ2n) is 7.22. The third-order valence-electron chi connectivity index (χ3n) is 5.20. The Morgan fingerprint density at radius 1 is 1.11 bits per heavy atom. The molecule has 1 N–H and O–H groups in total. The lowest BCUT2D eigenvalue weighted by Crippen LogP contribution is -2.40. The van der Waals surface area contributed by atoms with E-state index < -0.39 is 0 Å². The van der Waals surface area contributed by atoms with E-state index in [2.05, 4.69) is 57.7 Å². The Labute approximate surface area is 169 Å². The molecule has 3 heterocycles. The molecule has 3 aromatic rings. The number of nitrogens with zero attached hydrogens (tertiary/aromatic N) is 3. The highest BCUT2D eigenvalue weighted by molar-refractivity contribution is 7.13. The van der Waals surface area contributed by atoms with Crippen LogP contribution >= 0.6 is 11.3 Å². The zero-order chi connectivity index (χ0) is 19.3. The summed E-state index contributed by atoms with van der Waals surface area (Å²) in [6.07, 6.45) is 1.68. The van der Waals surface area contributed by atoms with E-state index in [1.165, 1.54) is 5.56 Å². The standard InChI is InChI=1S/C22H24N4OS/c1-16-4-6-17(7-5-16)15-23-22(27)18-10-12-26(13-11-18)21-9-8-19(24-25-21)20-3-2-14-28-20/h2-9,14,18H,10-13,15H2,1H3,(H,23,27). The molecule has 1 aromatic carbocycles. The number of carbonyl (C=O) groups excluding carboxylic acids is 1. The smallest absolute Gasteiger partial charge is 0.223 e. The number of carbonyl (C=O) groups is 1. The average Bonchev–Trinajstić information content (AvgIpc) is 3.28. The molecule has 1 amide bonds. The maximum atomic E-state index is 12.5. The average molecular weight is 393 g/mol. The number of nitrogens with one attached hydrogen (secondary N) is 1. The summed E-state index contributed by atoms with van der Waals surface area (Å²) in [6.45, 7) is 4.32. The van der Waals surface area contributed by atoms with Crippen LogP contribution in [0.3, 0.4) is 0 Å². The summed E-state index contributed by atoms with van der Waals surface area (Å²) in [5.41, 5.74) is 3.27. The van der Waals surface area contributed by atoms with Crippen LogP contribution in [0.15, 0.2) is 53.9 Å². The third-order valence-corrected chi connectivity index (χ3v) is 6.09. The molecule has 0 radical (unpaired) electrons. The Morgan fingerprint density at radius 3 is 2.54 bits per heavy atom. The van der Waals surface area contributed by atoms with Gasteiger partial charge in [-0.05, 0) is 48.9 Å². The van der Waals surface area contributed by atoms with E-state index in [1.807, 2.05) is 23.6 Å². The topological polar surface area (TPSA) is 58.1 Å². The maximum Gasteiger partial charge on any atom is 0.223 e. The lowest BCUT2D eigenvalue weighted by atomic mass is 9.96. The zero-order valence-corrected chi connectivity index (χ0v) is 16.8. The lowest BCUT2D eigenvalue weighted by Gasteiger charge is -2.31. The molecular weight excluding hydrogens is 368 g/mol. The Balaban J connectivity index is 1.28. The maximum absolute atomic E-state index is 12.5. The van der Waals surface area contributed by atoms with Gasteiger partial charge in [0.05, 0.1) is 4.88 Å².